The van der Waals surface area contributed by atoms with Gasteiger partial charge in [-0.05, 0) is 31.1 Å². The fourth-order valence-corrected chi connectivity index (χ4v) is 3.41. The maximum atomic E-state index is 12.3. The molecule has 1 N–H and O–H groups in total. The van der Waals surface area contributed by atoms with E-state index < -0.39 is 0 Å². The maximum Gasteiger partial charge on any atom is 0.226 e. The quantitative estimate of drug-likeness (QED) is 0.600. The topological polar surface area (TPSA) is 71.3 Å². The summed E-state index contributed by atoms with van der Waals surface area (Å²) in [5.74, 6) is 1.56. The van der Waals surface area contributed by atoms with E-state index in [9.17, 15) is 4.79 Å². The van der Waals surface area contributed by atoms with Crippen LogP contribution in [-0.2, 0) is 11.2 Å². The molecule has 2 aromatic rings. The largest absolute Gasteiger partial charge is 0.354 e. The summed E-state index contributed by atoms with van der Waals surface area (Å²) in [5, 5.41) is 7.74. The minimum absolute atomic E-state index is 0.0211. The van der Waals surface area contributed by atoms with E-state index in [1.165, 1.54) is 0 Å². The lowest BCUT2D eigenvalue weighted by molar-refractivity contribution is -0.121. The molecule has 0 spiro atoms. The van der Waals surface area contributed by atoms with Crippen LogP contribution in [0.15, 0.2) is 28.8 Å². The van der Waals surface area contributed by atoms with Crippen molar-refractivity contribution in [1.29, 1.82) is 0 Å². The lowest BCUT2D eigenvalue weighted by atomic mass is 10.0. The predicted octanol–water partition coefficient (Wildman–Crippen LogP) is 4.37. The smallest absolute Gasteiger partial charge is 0.226 e. The highest BCUT2D eigenvalue weighted by molar-refractivity contribution is 6.31. The lowest BCUT2D eigenvalue weighted by Crippen LogP contribution is -2.38. The number of aryl methyl sites for hydroxylation is 1. The second-order valence-corrected chi connectivity index (χ2v) is 7.52. The fraction of sp³-hybridized carbons (Fsp3) is 0.571. The van der Waals surface area contributed by atoms with E-state index in [0.29, 0.717) is 37.5 Å². The molecule has 1 aromatic heterocycles. The molecule has 0 aliphatic carbocycles. The van der Waals surface area contributed by atoms with E-state index in [4.69, 9.17) is 16.1 Å². The van der Waals surface area contributed by atoms with Crippen molar-refractivity contribution in [2.24, 2.45) is 0 Å². The highest BCUT2D eigenvalue weighted by Crippen LogP contribution is 2.27. The second kappa shape index (κ2) is 11.2. The molecule has 0 radical (unpaired) electrons. The van der Waals surface area contributed by atoms with Gasteiger partial charge in [0.25, 0.3) is 0 Å². The van der Waals surface area contributed by atoms with Gasteiger partial charge in [0.1, 0.15) is 0 Å². The number of halogens is 1. The van der Waals surface area contributed by atoms with E-state index in [0.717, 1.165) is 23.7 Å². The second-order valence-electron chi connectivity index (χ2n) is 7.12. The fourth-order valence-electron chi connectivity index (χ4n) is 3.15. The molecule has 2 rings (SSSR count). The average molecular weight is 407 g/mol. The molecule has 0 saturated carbocycles. The highest BCUT2D eigenvalue weighted by atomic mass is 35.5. The summed E-state index contributed by atoms with van der Waals surface area (Å²) >= 11 is 6.41. The van der Waals surface area contributed by atoms with Gasteiger partial charge >= 0.3 is 0 Å². The molecular weight excluding hydrogens is 376 g/mol. The van der Waals surface area contributed by atoms with Crippen molar-refractivity contribution in [3.63, 3.8) is 0 Å². The molecule has 0 bridgehead atoms. The molecule has 6 nitrogen and oxygen atoms in total. The van der Waals surface area contributed by atoms with E-state index in [-0.39, 0.29) is 17.9 Å². The van der Waals surface area contributed by atoms with E-state index in [1.54, 1.807) is 0 Å². The standard InChI is InChI=1S/C21H31ClN4O2/c1-5-26(6-2)18(16-10-7-8-11-17(16)22)14-23-19(27)12-9-13-20-24-21(15(3)4)25-28-20/h7-8,10-11,15,18H,5-6,9,12-14H2,1-4H3,(H,23,27). The number of hydrogen-bond acceptors (Lipinski definition) is 5. The summed E-state index contributed by atoms with van der Waals surface area (Å²) in [6.07, 6.45) is 1.71. The minimum Gasteiger partial charge on any atom is -0.354 e. The van der Waals surface area contributed by atoms with Crippen LogP contribution in [0.5, 0.6) is 0 Å². The van der Waals surface area contributed by atoms with Crippen LogP contribution in [0.1, 0.15) is 69.8 Å². The Morgan fingerprint density at radius 3 is 2.57 bits per heavy atom. The molecule has 154 valence electrons. The van der Waals surface area contributed by atoms with Gasteiger partial charge in [-0.1, -0.05) is 62.7 Å². The van der Waals surface area contributed by atoms with E-state index >= 15 is 0 Å². The maximum absolute atomic E-state index is 12.3. The Kier molecular flexibility index (Phi) is 8.93. The molecule has 1 heterocycles. The SMILES string of the molecule is CCN(CC)C(CNC(=O)CCCc1nc(C(C)C)no1)c1ccccc1Cl. The van der Waals surface area contributed by atoms with Gasteiger partial charge in [-0.2, -0.15) is 4.98 Å². The summed E-state index contributed by atoms with van der Waals surface area (Å²) in [6.45, 7) is 10.6. The van der Waals surface area contributed by atoms with Crippen LogP contribution in [0.4, 0.5) is 0 Å². The third kappa shape index (κ3) is 6.31. The Hall–Kier alpha value is -1.92. The van der Waals surface area contributed by atoms with Gasteiger partial charge in [0.05, 0.1) is 6.04 Å². The van der Waals surface area contributed by atoms with Gasteiger partial charge in [-0.25, -0.2) is 0 Å². The first-order valence-electron chi connectivity index (χ1n) is 10.0. The van der Waals surface area contributed by atoms with Gasteiger partial charge in [-0.15, -0.1) is 0 Å². The van der Waals surface area contributed by atoms with Crippen LogP contribution >= 0.6 is 11.6 Å². The van der Waals surface area contributed by atoms with Crippen molar-refractivity contribution in [2.45, 2.75) is 58.9 Å². The van der Waals surface area contributed by atoms with Gasteiger partial charge in [-0.3, -0.25) is 9.69 Å². The number of carbonyl (C=O) groups is 1. The van der Waals surface area contributed by atoms with Gasteiger partial charge in [0, 0.05) is 30.3 Å². The summed E-state index contributed by atoms with van der Waals surface area (Å²) in [5.41, 5.74) is 1.04. The third-order valence-corrected chi connectivity index (χ3v) is 5.15. The zero-order chi connectivity index (χ0) is 20.5. The van der Waals surface area contributed by atoms with Crippen LogP contribution in [-0.4, -0.2) is 40.6 Å². The van der Waals surface area contributed by atoms with Crippen molar-refractivity contribution < 1.29 is 9.32 Å². The summed E-state index contributed by atoms with van der Waals surface area (Å²) in [7, 11) is 0. The Morgan fingerprint density at radius 2 is 1.96 bits per heavy atom. The van der Waals surface area contributed by atoms with Crippen LogP contribution in [0.3, 0.4) is 0 Å². The monoisotopic (exact) mass is 406 g/mol. The number of carbonyl (C=O) groups excluding carboxylic acids is 1. The number of benzene rings is 1. The molecule has 0 aliphatic heterocycles. The molecule has 0 aliphatic rings. The number of aromatic nitrogens is 2. The highest BCUT2D eigenvalue weighted by Gasteiger charge is 2.21. The number of nitrogens with one attached hydrogen (secondary N) is 1. The summed E-state index contributed by atoms with van der Waals surface area (Å²) < 4.78 is 5.22. The molecule has 7 heteroatoms. The third-order valence-electron chi connectivity index (χ3n) is 4.80. The summed E-state index contributed by atoms with van der Waals surface area (Å²) in [4.78, 5) is 19.0. The molecular formula is C21H31ClN4O2. The molecule has 0 fully saturated rings. The van der Waals surface area contributed by atoms with Crippen LogP contribution in [0.25, 0.3) is 0 Å². The van der Waals surface area contributed by atoms with Crippen LogP contribution in [0, 0.1) is 0 Å². The minimum atomic E-state index is 0.0211. The first-order chi connectivity index (χ1) is 13.5. The van der Waals surface area contributed by atoms with Gasteiger partial charge < -0.3 is 9.84 Å². The van der Waals surface area contributed by atoms with Crippen molar-refractivity contribution in [3.8, 4) is 0 Å². The van der Waals surface area contributed by atoms with Crippen molar-refractivity contribution in [2.75, 3.05) is 19.6 Å². The Balaban J connectivity index is 1.87. The van der Waals surface area contributed by atoms with Crippen LogP contribution < -0.4 is 5.32 Å². The normalized spacial score (nSPS) is 12.5. The lowest BCUT2D eigenvalue weighted by Gasteiger charge is -2.31. The Bertz CT molecular complexity index is 744. The zero-order valence-electron chi connectivity index (χ0n) is 17.2. The number of rotatable bonds is 11. The molecule has 1 unspecified atom stereocenters. The van der Waals surface area contributed by atoms with Crippen molar-refractivity contribution in [1.82, 2.24) is 20.4 Å². The van der Waals surface area contributed by atoms with Crippen LogP contribution in [0.2, 0.25) is 5.02 Å². The van der Waals surface area contributed by atoms with Gasteiger partial charge in [0.2, 0.25) is 11.8 Å². The van der Waals surface area contributed by atoms with E-state index in [2.05, 4.69) is 34.2 Å². The average Bonchev–Trinajstić information content (AvgIpc) is 3.15. The van der Waals surface area contributed by atoms with Crippen molar-refractivity contribution in [3.05, 3.63) is 46.6 Å². The summed E-state index contributed by atoms with van der Waals surface area (Å²) in [6, 6.07) is 7.88. The molecule has 1 atom stereocenters. The Labute approximate surface area is 172 Å². The number of hydrogen-bond donors (Lipinski definition) is 1. The number of amides is 1. The Morgan fingerprint density at radius 1 is 1.25 bits per heavy atom. The van der Waals surface area contributed by atoms with Crippen molar-refractivity contribution >= 4 is 17.5 Å². The molecule has 0 saturated heterocycles. The first kappa shape index (κ1) is 22.4. The predicted molar refractivity (Wildman–Crippen MR) is 111 cm³/mol. The molecule has 1 aromatic carbocycles. The van der Waals surface area contributed by atoms with Gasteiger partial charge in [0.15, 0.2) is 5.82 Å². The number of nitrogens with zero attached hydrogens (tertiary/aromatic N) is 3. The molecule has 1 amide bonds. The van der Waals surface area contributed by atoms with E-state index in [1.807, 2.05) is 38.1 Å². The zero-order valence-corrected chi connectivity index (χ0v) is 18.0. The molecule has 28 heavy (non-hydrogen) atoms. The first-order valence-corrected chi connectivity index (χ1v) is 10.4. The number of likely N-dealkylation sites (N-methyl/N-ethyl adjacent to an activating group) is 1.